The van der Waals surface area contributed by atoms with Crippen LogP contribution in [-0.2, 0) is 9.59 Å². The molecule has 0 radical (unpaired) electrons. The van der Waals surface area contributed by atoms with Gasteiger partial charge in [-0.2, -0.15) is 0 Å². The lowest BCUT2D eigenvalue weighted by Crippen LogP contribution is -2.21. The monoisotopic (exact) mass is 263 g/mol. The number of amides is 2. The van der Waals surface area contributed by atoms with Crippen LogP contribution < -0.4 is 5.32 Å². The number of imide groups is 1. The first-order valence-electron chi connectivity index (χ1n) is 6.27. The normalized spacial score (nSPS) is 19.1. The molecule has 1 atom stereocenters. The van der Waals surface area contributed by atoms with Gasteiger partial charge in [0, 0.05) is 11.3 Å². The van der Waals surface area contributed by atoms with Crippen molar-refractivity contribution in [3.8, 4) is 0 Å². The van der Waals surface area contributed by atoms with Gasteiger partial charge in [-0.3, -0.25) is 14.9 Å². The minimum Gasteiger partial charge on any atom is -0.296 e. The molecule has 1 fully saturated rings. The van der Waals surface area contributed by atoms with Gasteiger partial charge in [-0.25, -0.2) is 0 Å². The molecule has 0 bridgehead atoms. The van der Waals surface area contributed by atoms with E-state index in [-0.39, 0.29) is 24.2 Å². The molecule has 0 spiro atoms. The number of nitrogens with one attached hydrogen (secondary N) is 1. The summed E-state index contributed by atoms with van der Waals surface area (Å²) in [5.74, 6) is 0.475. The molecule has 1 N–H and O–H groups in total. The number of rotatable bonds is 5. The summed E-state index contributed by atoms with van der Waals surface area (Å²) >= 11 is 1.83. The van der Waals surface area contributed by atoms with Crippen molar-refractivity contribution in [3.05, 3.63) is 29.8 Å². The van der Waals surface area contributed by atoms with Crippen LogP contribution in [0, 0.1) is 0 Å². The van der Waals surface area contributed by atoms with Gasteiger partial charge in [0.1, 0.15) is 0 Å². The molecule has 18 heavy (non-hydrogen) atoms. The molecule has 4 heteroatoms. The van der Waals surface area contributed by atoms with Crippen LogP contribution in [0.5, 0.6) is 0 Å². The van der Waals surface area contributed by atoms with E-state index in [1.165, 1.54) is 17.7 Å². The lowest BCUT2D eigenvalue weighted by molar-refractivity contribution is -0.125. The zero-order valence-corrected chi connectivity index (χ0v) is 11.3. The summed E-state index contributed by atoms with van der Waals surface area (Å²) in [7, 11) is 0. The Kier molecular flexibility index (Phi) is 4.42. The Balaban J connectivity index is 1.99. The van der Waals surface area contributed by atoms with Crippen molar-refractivity contribution in [3.63, 3.8) is 0 Å². The Labute approximate surface area is 111 Å². The second-order valence-electron chi connectivity index (χ2n) is 4.44. The van der Waals surface area contributed by atoms with Gasteiger partial charge in [0.15, 0.2) is 0 Å². The summed E-state index contributed by atoms with van der Waals surface area (Å²) in [5, 5.41) is 2.34. The molecule has 3 nitrogen and oxygen atoms in total. The van der Waals surface area contributed by atoms with Crippen LogP contribution in [-0.4, -0.2) is 17.6 Å². The maximum Gasteiger partial charge on any atom is 0.234 e. The van der Waals surface area contributed by atoms with Gasteiger partial charge < -0.3 is 0 Å². The van der Waals surface area contributed by atoms with Crippen LogP contribution in [0.2, 0.25) is 0 Å². The van der Waals surface area contributed by atoms with Crippen molar-refractivity contribution in [1.82, 2.24) is 5.32 Å². The molecule has 96 valence electrons. The van der Waals surface area contributed by atoms with Crippen molar-refractivity contribution in [2.75, 3.05) is 5.75 Å². The first kappa shape index (κ1) is 13.1. The predicted octanol–water partition coefficient (Wildman–Crippen LogP) is 2.71. The van der Waals surface area contributed by atoms with Crippen molar-refractivity contribution >= 4 is 23.6 Å². The first-order chi connectivity index (χ1) is 8.70. The fourth-order valence-electron chi connectivity index (χ4n) is 1.95. The summed E-state index contributed by atoms with van der Waals surface area (Å²) in [6.45, 7) is 2.18. The maximum absolute atomic E-state index is 11.5. The molecule has 1 heterocycles. The van der Waals surface area contributed by atoms with Crippen LogP contribution in [0.3, 0.4) is 0 Å². The average Bonchev–Trinajstić information content (AvgIpc) is 2.70. The maximum atomic E-state index is 11.5. The highest BCUT2D eigenvalue weighted by atomic mass is 32.2. The second-order valence-corrected chi connectivity index (χ2v) is 5.61. The topological polar surface area (TPSA) is 46.2 Å². The average molecular weight is 263 g/mol. The summed E-state index contributed by atoms with van der Waals surface area (Å²) in [4.78, 5) is 23.9. The smallest absolute Gasteiger partial charge is 0.234 e. The zero-order valence-electron chi connectivity index (χ0n) is 10.4. The number of hydrogen-bond donors (Lipinski definition) is 1. The molecule has 1 aliphatic rings. The molecule has 0 aromatic heterocycles. The number of carbonyl (C=O) groups is 2. The van der Waals surface area contributed by atoms with Gasteiger partial charge >= 0.3 is 0 Å². The third kappa shape index (κ3) is 3.13. The van der Waals surface area contributed by atoms with Crippen molar-refractivity contribution < 1.29 is 9.59 Å². The van der Waals surface area contributed by atoms with E-state index in [1.54, 1.807) is 0 Å². The van der Waals surface area contributed by atoms with E-state index in [0.717, 1.165) is 11.3 Å². The number of hydrogen-bond acceptors (Lipinski definition) is 3. The quantitative estimate of drug-likeness (QED) is 0.505. The standard InChI is InChI=1S/C14H17NO2S/c1-2-3-8-18-11-6-4-10(5-7-11)12-9-13(16)15-14(12)17/h4-7,12H,2-3,8-9H2,1H3,(H,15,16,17). The Morgan fingerprint density at radius 2 is 2.00 bits per heavy atom. The van der Waals surface area contributed by atoms with Gasteiger partial charge in [-0.1, -0.05) is 25.5 Å². The van der Waals surface area contributed by atoms with Crippen LogP contribution >= 0.6 is 11.8 Å². The van der Waals surface area contributed by atoms with Gasteiger partial charge in [-0.05, 0) is 29.9 Å². The minimum atomic E-state index is -0.299. The Morgan fingerprint density at radius 3 is 2.56 bits per heavy atom. The van der Waals surface area contributed by atoms with E-state index >= 15 is 0 Å². The van der Waals surface area contributed by atoms with Crippen molar-refractivity contribution in [1.29, 1.82) is 0 Å². The van der Waals surface area contributed by atoms with Crippen LogP contribution in [0.4, 0.5) is 0 Å². The first-order valence-corrected chi connectivity index (χ1v) is 7.25. The number of unbranched alkanes of at least 4 members (excludes halogenated alkanes) is 1. The third-order valence-corrected chi connectivity index (χ3v) is 4.12. The van der Waals surface area contributed by atoms with E-state index in [9.17, 15) is 9.59 Å². The summed E-state index contributed by atoms with van der Waals surface area (Å²) in [6.07, 6.45) is 2.70. The lowest BCUT2D eigenvalue weighted by Gasteiger charge is -2.07. The molecule has 1 aromatic rings. The lowest BCUT2D eigenvalue weighted by atomic mass is 9.98. The molecule has 0 saturated carbocycles. The van der Waals surface area contributed by atoms with E-state index in [2.05, 4.69) is 12.2 Å². The van der Waals surface area contributed by atoms with Crippen LogP contribution in [0.25, 0.3) is 0 Å². The Hall–Kier alpha value is -1.29. The molecule has 1 aromatic carbocycles. The molecule has 2 amide bonds. The van der Waals surface area contributed by atoms with E-state index in [4.69, 9.17) is 0 Å². The van der Waals surface area contributed by atoms with Gasteiger partial charge in [0.25, 0.3) is 0 Å². The molecule has 2 rings (SSSR count). The van der Waals surface area contributed by atoms with Crippen molar-refractivity contribution in [2.24, 2.45) is 0 Å². The largest absolute Gasteiger partial charge is 0.296 e. The van der Waals surface area contributed by atoms with E-state index in [1.807, 2.05) is 36.0 Å². The summed E-state index contributed by atoms with van der Waals surface area (Å²) in [6, 6.07) is 7.98. The molecular formula is C14H17NO2S. The fourth-order valence-corrected chi connectivity index (χ4v) is 2.95. The fraction of sp³-hybridized carbons (Fsp3) is 0.429. The molecule has 1 aliphatic heterocycles. The highest BCUT2D eigenvalue weighted by molar-refractivity contribution is 7.99. The Morgan fingerprint density at radius 1 is 1.28 bits per heavy atom. The summed E-state index contributed by atoms with van der Waals surface area (Å²) < 4.78 is 0. The SMILES string of the molecule is CCCCSc1ccc(C2CC(=O)NC2=O)cc1. The number of thioether (sulfide) groups is 1. The molecule has 1 unspecified atom stereocenters. The van der Waals surface area contributed by atoms with E-state index in [0.29, 0.717) is 0 Å². The van der Waals surface area contributed by atoms with Crippen molar-refractivity contribution in [2.45, 2.75) is 37.0 Å². The molecular weight excluding hydrogens is 246 g/mol. The highest BCUT2D eigenvalue weighted by Crippen LogP contribution is 2.27. The zero-order chi connectivity index (χ0) is 13.0. The molecule has 1 saturated heterocycles. The predicted molar refractivity (Wildman–Crippen MR) is 72.6 cm³/mol. The number of benzene rings is 1. The van der Waals surface area contributed by atoms with Gasteiger partial charge in [-0.15, -0.1) is 11.8 Å². The second kappa shape index (κ2) is 6.05. The number of carbonyl (C=O) groups excluding carboxylic acids is 2. The van der Waals surface area contributed by atoms with E-state index < -0.39 is 0 Å². The van der Waals surface area contributed by atoms with Gasteiger partial charge in [0.2, 0.25) is 11.8 Å². The summed E-state index contributed by atoms with van der Waals surface area (Å²) in [5.41, 5.74) is 0.929. The molecule has 0 aliphatic carbocycles. The van der Waals surface area contributed by atoms with Crippen LogP contribution in [0.1, 0.15) is 37.7 Å². The van der Waals surface area contributed by atoms with Gasteiger partial charge in [0.05, 0.1) is 5.92 Å². The minimum absolute atomic E-state index is 0.175. The Bertz CT molecular complexity index is 442. The highest BCUT2D eigenvalue weighted by Gasteiger charge is 2.31. The van der Waals surface area contributed by atoms with Crippen LogP contribution in [0.15, 0.2) is 29.2 Å². The third-order valence-electron chi connectivity index (χ3n) is 3.02.